The van der Waals surface area contributed by atoms with E-state index in [2.05, 4.69) is 10.5 Å². The number of anilines is 1. The molecule has 0 saturated carbocycles. The molecule has 0 aliphatic carbocycles. The van der Waals surface area contributed by atoms with E-state index < -0.39 is 22.5 Å². The third-order valence-corrected chi connectivity index (χ3v) is 7.28. The lowest BCUT2D eigenvalue weighted by molar-refractivity contribution is -0.119. The van der Waals surface area contributed by atoms with Gasteiger partial charge in [0, 0.05) is 5.02 Å². The van der Waals surface area contributed by atoms with Gasteiger partial charge in [0.2, 0.25) is 0 Å². The molecule has 0 unspecified atom stereocenters. The van der Waals surface area contributed by atoms with Gasteiger partial charge in [0.1, 0.15) is 12.3 Å². The Hall–Kier alpha value is -3.76. The average Bonchev–Trinajstić information content (AvgIpc) is 2.92. The second kappa shape index (κ2) is 14.4. The minimum Gasteiger partial charge on any atom is -0.492 e. The number of carbonyl (C=O) groups is 1. The lowest BCUT2D eigenvalue weighted by Gasteiger charge is -2.25. The molecule has 39 heavy (non-hydrogen) atoms. The number of ether oxygens (including phenoxy) is 3. The topological polar surface area (TPSA) is 107 Å². The fraction of sp³-hybridized carbons (Fsp3) is 0.286. The summed E-state index contributed by atoms with van der Waals surface area (Å²) in [6.45, 7) is 6.47. The van der Waals surface area contributed by atoms with Crippen LogP contribution in [0.25, 0.3) is 0 Å². The first-order valence-corrected chi connectivity index (χ1v) is 14.3. The third kappa shape index (κ3) is 8.11. The van der Waals surface area contributed by atoms with E-state index in [9.17, 15) is 13.2 Å². The van der Waals surface area contributed by atoms with Crippen molar-refractivity contribution in [3.05, 3.63) is 77.3 Å². The molecule has 0 radical (unpaired) electrons. The molecule has 3 rings (SSSR count). The molecule has 9 nitrogen and oxygen atoms in total. The summed E-state index contributed by atoms with van der Waals surface area (Å²) >= 11 is 5.95. The number of sulfonamides is 1. The second-order valence-electron chi connectivity index (χ2n) is 8.15. The van der Waals surface area contributed by atoms with Crippen LogP contribution < -0.4 is 23.9 Å². The monoisotopic (exact) mass is 573 g/mol. The molecule has 0 heterocycles. The fourth-order valence-electron chi connectivity index (χ4n) is 3.52. The molecule has 0 aliphatic heterocycles. The zero-order valence-electron chi connectivity index (χ0n) is 22.1. The summed E-state index contributed by atoms with van der Waals surface area (Å²) in [4.78, 5) is 12.9. The lowest BCUT2D eigenvalue weighted by Crippen LogP contribution is -2.39. The Morgan fingerprint density at radius 3 is 2.31 bits per heavy atom. The maximum atomic E-state index is 13.6. The predicted molar refractivity (Wildman–Crippen MR) is 153 cm³/mol. The first kappa shape index (κ1) is 29.8. The van der Waals surface area contributed by atoms with Crippen LogP contribution in [0.2, 0.25) is 5.02 Å². The zero-order valence-corrected chi connectivity index (χ0v) is 23.7. The fourth-order valence-corrected chi connectivity index (χ4v) is 5.08. The highest BCUT2D eigenvalue weighted by atomic mass is 35.5. The number of halogens is 1. The number of para-hydroxylation sites is 2. The summed E-state index contributed by atoms with van der Waals surface area (Å²) in [6.07, 6.45) is 2.30. The highest BCUT2D eigenvalue weighted by Crippen LogP contribution is 2.33. The highest BCUT2D eigenvalue weighted by Gasteiger charge is 2.29. The Morgan fingerprint density at radius 1 is 0.923 bits per heavy atom. The molecule has 11 heteroatoms. The van der Waals surface area contributed by atoms with Gasteiger partial charge < -0.3 is 14.2 Å². The van der Waals surface area contributed by atoms with Gasteiger partial charge in [-0.25, -0.2) is 13.8 Å². The van der Waals surface area contributed by atoms with Gasteiger partial charge in [-0.1, -0.05) is 30.7 Å². The minimum atomic E-state index is -4.16. The maximum Gasteiger partial charge on any atom is 0.264 e. The smallest absolute Gasteiger partial charge is 0.264 e. The summed E-state index contributed by atoms with van der Waals surface area (Å²) in [5.74, 6) is 0.857. The molecule has 0 aliphatic rings. The molecule has 208 valence electrons. The SMILES string of the molecule is CCCOc1ccc(/C=N\NC(=O)CN(c2ccccc2OCC)S(=O)(=O)c2ccc(Cl)cc2)cc1OCC. The van der Waals surface area contributed by atoms with Crippen LogP contribution in [0.15, 0.2) is 76.7 Å². The van der Waals surface area contributed by atoms with Gasteiger partial charge in [-0.05, 0) is 80.4 Å². The molecule has 0 bridgehead atoms. The molecule has 1 N–H and O–H groups in total. The van der Waals surface area contributed by atoms with Crippen molar-refractivity contribution in [1.29, 1.82) is 0 Å². The first-order chi connectivity index (χ1) is 18.8. The number of amides is 1. The van der Waals surface area contributed by atoms with Gasteiger partial charge >= 0.3 is 0 Å². The average molecular weight is 574 g/mol. The van der Waals surface area contributed by atoms with E-state index in [1.165, 1.54) is 30.5 Å². The molecular weight excluding hydrogens is 542 g/mol. The van der Waals surface area contributed by atoms with Gasteiger partial charge in [0.05, 0.1) is 36.6 Å². The number of carbonyl (C=O) groups excluding carboxylic acids is 1. The van der Waals surface area contributed by atoms with Crippen LogP contribution in [0.4, 0.5) is 5.69 Å². The molecule has 3 aromatic carbocycles. The van der Waals surface area contributed by atoms with Crippen molar-refractivity contribution in [3.8, 4) is 17.2 Å². The van der Waals surface area contributed by atoms with Gasteiger partial charge in [-0.15, -0.1) is 0 Å². The molecule has 1 amide bonds. The number of hydrazone groups is 1. The Morgan fingerprint density at radius 2 is 1.62 bits per heavy atom. The summed E-state index contributed by atoms with van der Waals surface area (Å²) in [5, 5.41) is 4.40. The Bertz CT molecular complexity index is 1380. The van der Waals surface area contributed by atoms with E-state index >= 15 is 0 Å². The number of hydrogen-bond acceptors (Lipinski definition) is 7. The normalized spacial score (nSPS) is 11.3. The standard InChI is InChI=1S/C28H32ClN3O6S/c1-4-17-38-26-16-11-21(18-27(26)37-6-3)19-30-31-28(33)20-32(24-9-7-8-10-25(24)36-5-2)39(34,35)23-14-12-22(29)13-15-23/h7-16,18-19H,4-6,17,20H2,1-3H3,(H,31,33)/b30-19-. The molecule has 0 saturated heterocycles. The quantitative estimate of drug-likeness (QED) is 0.208. The summed E-state index contributed by atoms with van der Waals surface area (Å²) in [5.41, 5.74) is 3.29. The van der Waals surface area contributed by atoms with Crippen LogP contribution in [0, 0.1) is 0 Å². The minimum absolute atomic E-state index is 0.0247. The highest BCUT2D eigenvalue weighted by molar-refractivity contribution is 7.92. The number of nitrogens with zero attached hydrogens (tertiary/aromatic N) is 2. The van der Waals surface area contributed by atoms with Crippen molar-refractivity contribution in [1.82, 2.24) is 5.43 Å². The summed E-state index contributed by atoms with van der Waals surface area (Å²) in [6, 6.07) is 17.6. The van der Waals surface area contributed by atoms with Gasteiger partial charge in [0.25, 0.3) is 15.9 Å². The van der Waals surface area contributed by atoms with Crippen molar-refractivity contribution < 1.29 is 27.4 Å². The van der Waals surface area contributed by atoms with Crippen molar-refractivity contribution in [2.75, 3.05) is 30.7 Å². The van der Waals surface area contributed by atoms with E-state index in [-0.39, 0.29) is 10.6 Å². The van der Waals surface area contributed by atoms with Crippen LogP contribution >= 0.6 is 11.6 Å². The van der Waals surface area contributed by atoms with E-state index in [0.29, 0.717) is 47.7 Å². The van der Waals surface area contributed by atoms with E-state index in [1.807, 2.05) is 13.8 Å². The van der Waals surface area contributed by atoms with Gasteiger partial charge in [0.15, 0.2) is 11.5 Å². The van der Waals surface area contributed by atoms with Crippen molar-refractivity contribution in [2.45, 2.75) is 32.1 Å². The van der Waals surface area contributed by atoms with Crippen LogP contribution in [0.5, 0.6) is 17.2 Å². The molecular formula is C28H32ClN3O6S. The van der Waals surface area contributed by atoms with E-state index in [4.69, 9.17) is 25.8 Å². The summed E-state index contributed by atoms with van der Waals surface area (Å²) < 4.78 is 45.2. The molecule has 3 aromatic rings. The van der Waals surface area contributed by atoms with E-state index in [0.717, 1.165) is 10.7 Å². The Kier molecular flexibility index (Phi) is 11.0. The molecule has 0 spiro atoms. The Labute approximate surface area is 234 Å². The summed E-state index contributed by atoms with van der Waals surface area (Å²) in [7, 11) is -4.16. The molecule has 0 atom stereocenters. The van der Waals surface area contributed by atoms with Crippen molar-refractivity contribution >= 4 is 39.4 Å². The Balaban J connectivity index is 1.84. The van der Waals surface area contributed by atoms with Crippen LogP contribution in [0.3, 0.4) is 0 Å². The lowest BCUT2D eigenvalue weighted by atomic mass is 10.2. The number of nitrogens with one attached hydrogen (secondary N) is 1. The number of benzene rings is 3. The van der Waals surface area contributed by atoms with Crippen LogP contribution in [-0.4, -0.2) is 46.9 Å². The number of hydrogen-bond donors (Lipinski definition) is 1. The number of rotatable bonds is 14. The van der Waals surface area contributed by atoms with Crippen molar-refractivity contribution in [3.63, 3.8) is 0 Å². The largest absolute Gasteiger partial charge is 0.492 e. The molecule has 0 fully saturated rings. The first-order valence-electron chi connectivity index (χ1n) is 12.5. The van der Waals surface area contributed by atoms with E-state index in [1.54, 1.807) is 49.4 Å². The molecule has 0 aromatic heterocycles. The third-order valence-electron chi connectivity index (χ3n) is 5.25. The van der Waals surface area contributed by atoms with Crippen molar-refractivity contribution in [2.24, 2.45) is 5.10 Å². The maximum absolute atomic E-state index is 13.6. The zero-order chi connectivity index (χ0) is 28.3. The predicted octanol–water partition coefficient (Wildman–Crippen LogP) is 5.27. The van der Waals surface area contributed by atoms with Crippen LogP contribution in [-0.2, 0) is 14.8 Å². The second-order valence-corrected chi connectivity index (χ2v) is 10.4. The van der Waals surface area contributed by atoms with Gasteiger partial charge in [-0.3, -0.25) is 9.10 Å². The van der Waals surface area contributed by atoms with Gasteiger partial charge in [-0.2, -0.15) is 5.10 Å². The van der Waals surface area contributed by atoms with Crippen LogP contribution in [0.1, 0.15) is 32.8 Å².